The lowest BCUT2D eigenvalue weighted by molar-refractivity contribution is -0.151. The highest BCUT2D eigenvalue weighted by Gasteiger charge is 2.47. The van der Waals surface area contributed by atoms with E-state index in [0.717, 1.165) is 4.57 Å². The molecule has 1 aromatic rings. The molecule has 1 saturated heterocycles. The number of alkyl halides is 1. The molecule has 4 unspecified atom stereocenters. The summed E-state index contributed by atoms with van der Waals surface area (Å²) in [4.78, 5) is 36.3. The number of aromatic amines is 1. The third kappa shape index (κ3) is 4.07. The lowest BCUT2D eigenvalue weighted by Gasteiger charge is -2.17. The molecule has 23 heavy (non-hydrogen) atoms. The molecule has 0 amide bonds. The largest absolute Gasteiger partial charge is 0.456 e. The van der Waals surface area contributed by atoms with Crippen molar-refractivity contribution in [1.82, 2.24) is 9.55 Å². The molecule has 8 heteroatoms. The fraction of sp³-hybridized carbons (Fsp3) is 0.667. The van der Waals surface area contributed by atoms with Gasteiger partial charge in [-0.2, -0.15) is 0 Å². The number of aryl methyl sites for hydroxylation is 1. The second kappa shape index (κ2) is 8.05. The Labute approximate surface area is 133 Å². The molecule has 1 aromatic heterocycles. The van der Waals surface area contributed by atoms with E-state index in [2.05, 4.69) is 4.98 Å². The lowest BCUT2D eigenvalue weighted by Crippen LogP contribution is -2.37. The SMILES string of the molecule is CC.CCC1OC(n2cc(C)c(=O)[nH]c2=O)C(F)C1OC(C)=O. The zero-order chi connectivity index (χ0) is 17.7. The molecule has 1 aliphatic rings. The first kappa shape index (κ1) is 19.1. The summed E-state index contributed by atoms with van der Waals surface area (Å²) < 4.78 is 25.9. The molecule has 0 bridgehead atoms. The molecule has 0 aliphatic carbocycles. The highest BCUT2D eigenvalue weighted by atomic mass is 19.1. The summed E-state index contributed by atoms with van der Waals surface area (Å²) in [5, 5.41) is 0. The van der Waals surface area contributed by atoms with E-state index in [1.165, 1.54) is 20.0 Å². The quantitative estimate of drug-likeness (QED) is 0.847. The van der Waals surface area contributed by atoms with Crippen LogP contribution in [0.25, 0.3) is 0 Å². The molecule has 1 N–H and O–H groups in total. The van der Waals surface area contributed by atoms with E-state index in [1.807, 2.05) is 13.8 Å². The highest BCUT2D eigenvalue weighted by Crippen LogP contribution is 2.34. The normalized spacial score (nSPS) is 26.3. The van der Waals surface area contributed by atoms with Crippen LogP contribution in [0, 0.1) is 6.92 Å². The molecule has 2 heterocycles. The Morgan fingerprint density at radius 1 is 1.43 bits per heavy atom. The van der Waals surface area contributed by atoms with Gasteiger partial charge in [0.25, 0.3) is 5.56 Å². The van der Waals surface area contributed by atoms with Crippen molar-refractivity contribution in [2.75, 3.05) is 0 Å². The minimum absolute atomic E-state index is 0.259. The summed E-state index contributed by atoms with van der Waals surface area (Å²) >= 11 is 0. The zero-order valence-corrected chi connectivity index (χ0v) is 14.0. The second-order valence-electron chi connectivity index (χ2n) is 4.97. The number of H-pyrrole nitrogens is 1. The van der Waals surface area contributed by atoms with Gasteiger partial charge in [0.2, 0.25) is 0 Å². The maximum absolute atomic E-state index is 14.5. The topological polar surface area (TPSA) is 90.4 Å². The van der Waals surface area contributed by atoms with E-state index in [1.54, 1.807) is 6.92 Å². The number of nitrogens with one attached hydrogen (secondary N) is 1. The number of aromatic nitrogens is 2. The molecule has 7 nitrogen and oxygen atoms in total. The van der Waals surface area contributed by atoms with Crippen LogP contribution in [0.3, 0.4) is 0 Å². The Balaban J connectivity index is 0.00000127. The fourth-order valence-electron chi connectivity index (χ4n) is 2.35. The van der Waals surface area contributed by atoms with E-state index >= 15 is 0 Å². The number of halogens is 1. The molecule has 4 atom stereocenters. The predicted molar refractivity (Wildman–Crippen MR) is 82.1 cm³/mol. The molecule has 130 valence electrons. The minimum Gasteiger partial charge on any atom is -0.456 e. The maximum Gasteiger partial charge on any atom is 0.330 e. The number of esters is 1. The molecule has 0 spiro atoms. The van der Waals surface area contributed by atoms with Crippen LogP contribution in [0.4, 0.5) is 4.39 Å². The van der Waals surface area contributed by atoms with Crippen molar-refractivity contribution in [3.63, 3.8) is 0 Å². The predicted octanol–water partition coefficient (Wildman–Crippen LogP) is 1.45. The smallest absolute Gasteiger partial charge is 0.330 e. The van der Waals surface area contributed by atoms with Crippen LogP contribution in [-0.2, 0) is 14.3 Å². The van der Waals surface area contributed by atoms with Gasteiger partial charge in [-0.05, 0) is 13.3 Å². The Morgan fingerprint density at radius 2 is 2.04 bits per heavy atom. The van der Waals surface area contributed by atoms with Crippen LogP contribution in [-0.4, -0.2) is 33.9 Å². The summed E-state index contributed by atoms with van der Waals surface area (Å²) in [5.74, 6) is -0.615. The van der Waals surface area contributed by atoms with Gasteiger partial charge in [-0.1, -0.05) is 20.8 Å². The van der Waals surface area contributed by atoms with E-state index in [0.29, 0.717) is 6.42 Å². The van der Waals surface area contributed by atoms with Gasteiger partial charge in [0, 0.05) is 18.7 Å². The monoisotopic (exact) mass is 330 g/mol. The number of ether oxygens (including phenoxy) is 2. The van der Waals surface area contributed by atoms with Gasteiger partial charge in [-0.25, -0.2) is 9.18 Å². The number of hydrogen-bond donors (Lipinski definition) is 1. The molecule has 0 radical (unpaired) electrons. The summed E-state index contributed by atoms with van der Waals surface area (Å²) in [6.45, 7) is 8.44. The van der Waals surface area contributed by atoms with Crippen LogP contribution in [0.1, 0.15) is 45.9 Å². The van der Waals surface area contributed by atoms with Gasteiger partial charge in [0.15, 0.2) is 18.5 Å². The highest BCUT2D eigenvalue weighted by molar-refractivity contribution is 5.66. The summed E-state index contributed by atoms with van der Waals surface area (Å²) in [6, 6.07) is 0. The van der Waals surface area contributed by atoms with Gasteiger partial charge in [0.1, 0.15) is 6.10 Å². The van der Waals surface area contributed by atoms with E-state index in [9.17, 15) is 18.8 Å². The van der Waals surface area contributed by atoms with Crippen molar-refractivity contribution in [2.45, 2.75) is 65.6 Å². The molecular formula is C15H23FN2O5. The standard InChI is InChI=1S/C13H17FN2O5.C2H6/c1-4-8-10(20-7(3)17)9(14)12(21-8)16-5-6(2)11(18)15-13(16)19;1-2/h5,8-10,12H,4H2,1-3H3,(H,15,18,19);1-2H3. The van der Waals surface area contributed by atoms with Crippen molar-refractivity contribution >= 4 is 5.97 Å². The first-order chi connectivity index (χ1) is 10.8. The minimum atomic E-state index is -1.69. The molecular weight excluding hydrogens is 307 g/mol. The van der Waals surface area contributed by atoms with Crippen LogP contribution < -0.4 is 11.2 Å². The number of carbonyl (C=O) groups excluding carboxylic acids is 1. The molecule has 1 fully saturated rings. The Bertz CT molecular complexity index is 654. The van der Waals surface area contributed by atoms with Crippen molar-refractivity contribution in [1.29, 1.82) is 0 Å². The maximum atomic E-state index is 14.5. The van der Waals surface area contributed by atoms with Crippen molar-refractivity contribution in [3.8, 4) is 0 Å². The second-order valence-corrected chi connectivity index (χ2v) is 4.97. The van der Waals surface area contributed by atoms with Crippen LogP contribution in [0.5, 0.6) is 0 Å². The summed E-state index contributed by atoms with van der Waals surface area (Å²) in [7, 11) is 0. The van der Waals surface area contributed by atoms with E-state index in [-0.39, 0.29) is 5.56 Å². The summed E-state index contributed by atoms with van der Waals surface area (Å²) in [5.41, 5.74) is -1.04. The summed E-state index contributed by atoms with van der Waals surface area (Å²) in [6.07, 6.45) is -2.98. The van der Waals surface area contributed by atoms with Crippen LogP contribution >= 0.6 is 0 Å². The van der Waals surface area contributed by atoms with Gasteiger partial charge in [0.05, 0.1) is 0 Å². The number of carbonyl (C=O) groups is 1. The van der Waals surface area contributed by atoms with Crippen LogP contribution in [0.2, 0.25) is 0 Å². The lowest BCUT2D eigenvalue weighted by atomic mass is 10.1. The zero-order valence-electron chi connectivity index (χ0n) is 14.0. The molecule has 0 aromatic carbocycles. The van der Waals surface area contributed by atoms with Crippen LogP contribution in [0.15, 0.2) is 15.8 Å². The van der Waals surface area contributed by atoms with Gasteiger partial charge >= 0.3 is 11.7 Å². The molecule has 2 rings (SSSR count). The number of nitrogens with zero attached hydrogens (tertiary/aromatic N) is 1. The number of rotatable bonds is 3. The van der Waals surface area contributed by atoms with E-state index in [4.69, 9.17) is 9.47 Å². The van der Waals surface area contributed by atoms with Crippen molar-refractivity contribution < 1.29 is 18.7 Å². The Hall–Kier alpha value is -1.96. The van der Waals surface area contributed by atoms with E-state index < -0.39 is 41.8 Å². The molecule has 0 saturated carbocycles. The van der Waals surface area contributed by atoms with Gasteiger partial charge in [-0.15, -0.1) is 0 Å². The Morgan fingerprint density at radius 3 is 2.57 bits per heavy atom. The fourth-order valence-corrected chi connectivity index (χ4v) is 2.35. The average molecular weight is 330 g/mol. The first-order valence-corrected chi connectivity index (χ1v) is 7.64. The van der Waals surface area contributed by atoms with Crippen molar-refractivity contribution in [2.24, 2.45) is 0 Å². The first-order valence-electron chi connectivity index (χ1n) is 7.64. The molecule has 1 aliphatic heterocycles. The number of hydrogen-bond acceptors (Lipinski definition) is 5. The van der Waals surface area contributed by atoms with Crippen molar-refractivity contribution in [3.05, 3.63) is 32.6 Å². The third-order valence-corrected chi connectivity index (χ3v) is 3.39. The van der Waals surface area contributed by atoms with Gasteiger partial charge in [-0.3, -0.25) is 19.1 Å². The average Bonchev–Trinajstić information content (AvgIpc) is 2.81. The van der Waals surface area contributed by atoms with Gasteiger partial charge < -0.3 is 9.47 Å². The Kier molecular flexibility index (Phi) is 6.68. The third-order valence-electron chi connectivity index (χ3n) is 3.39.